The summed E-state index contributed by atoms with van der Waals surface area (Å²) >= 11 is 10.5. The Morgan fingerprint density at radius 3 is 2.10 bits per heavy atom. The van der Waals surface area contributed by atoms with Gasteiger partial charge in [-0.3, -0.25) is 9.69 Å². The van der Waals surface area contributed by atoms with Gasteiger partial charge in [-0.05, 0) is 24.3 Å². The first-order valence-electron chi connectivity index (χ1n) is 6.19. The summed E-state index contributed by atoms with van der Waals surface area (Å²) in [6.45, 7) is 0. The lowest BCUT2D eigenvalue weighted by atomic mass is 10.2. The highest BCUT2D eigenvalue weighted by molar-refractivity contribution is 8.61. The second-order valence-electron chi connectivity index (χ2n) is 4.59. The van der Waals surface area contributed by atoms with Gasteiger partial charge in [0.15, 0.2) is 0 Å². The molecular weight excluding hydrogens is 341 g/mol. The molecule has 0 spiro atoms. The van der Waals surface area contributed by atoms with Crippen LogP contribution in [0.3, 0.4) is 0 Å². The lowest BCUT2D eigenvalue weighted by Gasteiger charge is -2.31. The highest BCUT2D eigenvalue weighted by Gasteiger charge is 2.29. The number of hydrogen-bond donors (Lipinski definition) is 2. The molecule has 0 fully saturated rings. The third-order valence-corrected chi connectivity index (χ3v) is 5.65. The van der Waals surface area contributed by atoms with Gasteiger partial charge in [-0.2, -0.15) is 0 Å². The minimum Gasteiger partial charge on any atom is -0.357 e. The molecule has 3 nitrogen and oxygen atoms in total. The SMILES string of the molecule is O=C(CP(O)(=S)S)N1c2ccccc2Sc2ccccc21. The summed E-state index contributed by atoms with van der Waals surface area (Å²) in [5.41, 5.74) is -1.24. The molecule has 0 aromatic heterocycles. The minimum atomic E-state index is -2.88. The fourth-order valence-corrected chi connectivity index (χ4v) is 4.47. The molecule has 0 saturated carbocycles. The maximum Gasteiger partial charge on any atom is 0.239 e. The zero-order valence-electron chi connectivity index (χ0n) is 10.8. The first-order valence-corrected chi connectivity index (χ1v) is 11.1. The Morgan fingerprint density at radius 2 is 1.62 bits per heavy atom. The molecule has 7 heteroatoms. The average Bonchev–Trinajstić information content (AvgIpc) is 2.42. The van der Waals surface area contributed by atoms with E-state index >= 15 is 0 Å². The van der Waals surface area contributed by atoms with Crippen molar-refractivity contribution in [2.45, 2.75) is 9.79 Å². The zero-order valence-corrected chi connectivity index (χ0v) is 14.3. The Morgan fingerprint density at radius 1 is 1.14 bits per heavy atom. The van der Waals surface area contributed by atoms with E-state index in [1.807, 2.05) is 48.5 Å². The number of amides is 1. The molecule has 1 amide bonds. The minimum absolute atomic E-state index is 0.126. The fraction of sp³-hybridized carbons (Fsp3) is 0.0714. The van der Waals surface area contributed by atoms with Crippen molar-refractivity contribution >= 4 is 58.6 Å². The van der Waals surface area contributed by atoms with Gasteiger partial charge in [0, 0.05) is 9.79 Å². The number of rotatable bonds is 2. The largest absolute Gasteiger partial charge is 0.357 e. The van der Waals surface area contributed by atoms with Crippen molar-refractivity contribution in [3.8, 4) is 0 Å². The second kappa shape index (κ2) is 5.78. The summed E-state index contributed by atoms with van der Waals surface area (Å²) in [6, 6.07) is 15.4. The highest BCUT2D eigenvalue weighted by Crippen LogP contribution is 2.51. The van der Waals surface area contributed by atoms with Gasteiger partial charge in [0.1, 0.15) is 5.47 Å². The van der Waals surface area contributed by atoms with Gasteiger partial charge in [0.25, 0.3) is 0 Å². The molecule has 0 radical (unpaired) electrons. The van der Waals surface area contributed by atoms with Crippen LogP contribution >= 0.6 is 29.5 Å². The topological polar surface area (TPSA) is 40.5 Å². The van der Waals surface area contributed by atoms with Crippen molar-refractivity contribution in [1.82, 2.24) is 0 Å². The Balaban J connectivity index is 2.11. The molecule has 0 bridgehead atoms. The number of fused-ring (bicyclic) bond motifs is 2. The molecule has 3 rings (SSSR count). The van der Waals surface area contributed by atoms with Gasteiger partial charge in [0.2, 0.25) is 5.91 Å². The number of anilines is 2. The molecule has 1 aliphatic heterocycles. The smallest absolute Gasteiger partial charge is 0.239 e. The molecule has 1 aliphatic rings. The number of nitrogens with zero attached hydrogens (tertiary/aromatic N) is 1. The van der Waals surface area contributed by atoms with E-state index in [1.54, 1.807) is 16.7 Å². The molecule has 108 valence electrons. The number of carbonyl (C=O) groups is 1. The predicted octanol–water partition coefficient (Wildman–Crippen LogP) is 4.05. The Kier molecular flexibility index (Phi) is 4.17. The van der Waals surface area contributed by atoms with Crippen LogP contribution in [-0.4, -0.2) is 17.0 Å². The zero-order chi connectivity index (χ0) is 15.0. The van der Waals surface area contributed by atoms with Crippen molar-refractivity contribution in [3.05, 3.63) is 48.5 Å². The summed E-state index contributed by atoms with van der Waals surface area (Å²) in [5.74, 6) is -0.226. The van der Waals surface area contributed by atoms with Crippen LogP contribution in [0.5, 0.6) is 0 Å². The Bertz CT molecular complexity index is 714. The van der Waals surface area contributed by atoms with Gasteiger partial charge in [-0.15, -0.1) is 12.2 Å². The van der Waals surface area contributed by atoms with Gasteiger partial charge >= 0.3 is 0 Å². The molecule has 1 unspecified atom stereocenters. The van der Waals surface area contributed by atoms with Crippen molar-refractivity contribution < 1.29 is 9.69 Å². The Labute approximate surface area is 137 Å². The van der Waals surface area contributed by atoms with Crippen LogP contribution in [0.1, 0.15) is 0 Å². The Hall–Kier alpha value is -0.780. The van der Waals surface area contributed by atoms with Crippen LogP contribution in [0.2, 0.25) is 0 Å². The monoisotopic (exact) mass is 353 g/mol. The number of benzene rings is 2. The third kappa shape index (κ3) is 3.20. The molecule has 2 aromatic rings. The van der Waals surface area contributed by atoms with Crippen LogP contribution in [0.4, 0.5) is 11.4 Å². The molecule has 1 N–H and O–H groups in total. The first-order chi connectivity index (χ1) is 9.96. The lowest BCUT2D eigenvalue weighted by Crippen LogP contribution is -2.30. The van der Waals surface area contributed by atoms with Gasteiger partial charge in [-0.1, -0.05) is 47.8 Å². The summed E-state index contributed by atoms with van der Waals surface area (Å²) in [6.07, 6.45) is -0.126. The van der Waals surface area contributed by atoms with Crippen LogP contribution in [-0.2, 0) is 16.6 Å². The van der Waals surface area contributed by atoms with Crippen LogP contribution in [0.25, 0.3) is 0 Å². The molecule has 1 heterocycles. The third-order valence-electron chi connectivity index (χ3n) is 3.02. The van der Waals surface area contributed by atoms with E-state index in [0.717, 1.165) is 21.2 Å². The molecule has 21 heavy (non-hydrogen) atoms. The highest BCUT2D eigenvalue weighted by atomic mass is 32.9. The second-order valence-corrected chi connectivity index (χ2v) is 11.9. The van der Waals surface area contributed by atoms with E-state index in [9.17, 15) is 9.69 Å². The summed E-state index contributed by atoms with van der Waals surface area (Å²) in [7, 11) is 0. The van der Waals surface area contributed by atoms with Gasteiger partial charge < -0.3 is 4.89 Å². The maximum absolute atomic E-state index is 12.6. The fourth-order valence-electron chi connectivity index (χ4n) is 2.22. The maximum atomic E-state index is 12.6. The molecule has 2 aromatic carbocycles. The van der Waals surface area contributed by atoms with Crippen molar-refractivity contribution in [3.63, 3.8) is 0 Å². The van der Waals surface area contributed by atoms with Gasteiger partial charge in [0.05, 0.1) is 17.5 Å². The predicted molar refractivity (Wildman–Crippen MR) is 94.5 cm³/mol. The van der Waals surface area contributed by atoms with E-state index in [4.69, 9.17) is 11.8 Å². The van der Waals surface area contributed by atoms with E-state index in [1.165, 1.54) is 0 Å². The van der Waals surface area contributed by atoms with E-state index in [2.05, 4.69) is 12.2 Å². The number of carbonyl (C=O) groups excluding carboxylic acids is 1. The average molecular weight is 353 g/mol. The molecule has 0 aliphatic carbocycles. The van der Waals surface area contributed by atoms with Crippen LogP contribution in [0, 0.1) is 0 Å². The number of thiol groups is 1. The summed E-state index contributed by atoms with van der Waals surface area (Å²) in [5, 5.41) is 0. The standard InChI is InChI=1S/C14H12NO2PS3/c16-14(9-18(17,19)20)15-10-5-1-3-7-12(10)21-13-8-4-2-6-11(13)15/h1-8H,9H2,(H2,17,19,20). The van der Waals surface area contributed by atoms with Crippen molar-refractivity contribution in [2.24, 2.45) is 0 Å². The lowest BCUT2D eigenvalue weighted by molar-refractivity contribution is -0.115. The first kappa shape index (κ1) is 15.1. The molecule has 1 atom stereocenters. The van der Waals surface area contributed by atoms with Crippen LogP contribution in [0.15, 0.2) is 58.3 Å². The molecule has 0 saturated heterocycles. The summed E-state index contributed by atoms with van der Waals surface area (Å²) in [4.78, 5) is 26.0. The van der Waals surface area contributed by atoms with Crippen LogP contribution < -0.4 is 4.90 Å². The van der Waals surface area contributed by atoms with Crippen molar-refractivity contribution in [1.29, 1.82) is 0 Å². The number of para-hydroxylation sites is 2. The normalized spacial score (nSPS) is 15.8. The quantitative estimate of drug-likeness (QED) is 0.631. The summed E-state index contributed by atoms with van der Waals surface area (Å²) < 4.78 is 0. The van der Waals surface area contributed by atoms with Gasteiger partial charge in [-0.25, -0.2) is 0 Å². The van der Waals surface area contributed by atoms with E-state index in [0.29, 0.717) is 0 Å². The van der Waals surface area contributed by atoms with Crippen molar-refractivity contribution in [2.75, 3.05) is 11.1 Å². The number of hydrogen-bond acceptors (Lipinski definition) is 3. The van der Waals surface area contributed by atoms with E-state index in [-0.39, 0.29) is 12.1 Å². The molecular formula is C14H12NO2PS3. The van der Waals surface area contributed by atoms with E-state index < -0.39 is 5.47 Å².